The van der Waals surface area contributed by atoms with E-state index in [1.165, 1.54) is 6.42 Å². The fourth-order valence-corrected chi connectivity index (χ4v) is 7.85. The number of hydrogen-bond acceptors (Lipinski definition) is 4. The third kappa shape index (κ3) is 2.65. The molecule has 1 aliphatic heterocycles. The van der Waals surface area contributed by atoms with Gasteiger partial charge >= 0.3 is 0 Å². The van der Waals surface area contributed by atoms with Gasteiger partial charge in [-0.2, -0.15) is 0 Å². The topological polar surface area (TPSA) is 38.7 Å². The molecule has 0 aromatic rings. The number of thiol groups is 1. The molecule has 1 heterocycles. The number of aliphatic hydroxyl groups excluding tert-OH is 1. The van der Waals surface area contributed by atoms with Crippen LogP contribution in [-0.2, 0) is 9.47 Å². The lowest BCUT2D eigenvalue weighted by Gasteiger charge is -2.64. The molecule has 0 spiro atoms. The highest BCUT2D eigenvalue weighted by atomic mass is 32.1. The molecule has 3 saturated carbocycles. The lowest BCUT2D eigenvalue weighted by Crippen LogP contribution is -2.65. The van der Waals surface area contributed by atoms with E-state index in [1.807, 2.05) is 0 Å². The van der Waals surface area contributed by atoms with Crippen LogP contribution in [0.25, 0.3) is 0 Å². The second-order valence-corrected chi connectivity index (χ2v) is 11.0. The minimum atomic E-state index is -0.398. The van der Waals surface area contributed by atoms with E-state index < -0.39 is 5.62 Å². The third-order valence-corrected chi connectivity index (χ3v) is 9.20. The maximum absolute atomic E-state index is 10.9. The zero-order chi connectivity index (χ0) is 18.2. The molecule has 1 saturated heterocycles. The molecule has 25 heavy (non-hydrogen) atoms. The molecule has 4 bridgehead atoms. The number of ether oxygens (including phenoxy) is 2. The number of hydrogen-bond donors (Lipinski definition) is 2. The van der Waals surface area contributed by atoms with Gasteiger partial charge in [-0.1, -0.05) is 27.7 Å². The van der Waals surface area contributed by atoms with Crippen LogP contribution in [0.3, 0.4) is 0 Å². The van der Waals surface area contributed by atoms with Crippen molar-refractivity contribution >= 4 is 12.6 Å². The van der Waals surface area contributed by atoms with Crippen molar-refractivity contribution in [2.24, 2.45) is 34.5 Å². The van der Waals surface area contributed by atoms with Crippen molar-refractivity contribution in [2.45, 2.75) is 96.6 Å². The molecule has 0 amide bonds. The average molecular weight is 369 g/mol. The Hall–Kier alpha value is 0.230. The molecule has 4 aliphatic rings. The minimum absolute atomic E-state index is 0.0348. The van der Waals surface area contributed by atoms with Crippen molar-refractivity contribution in [1.82, 2.24) is 0 Å². The van der Waals surface area contributed by atoms with Crippen LogP contribution >= 0.6 is 12.6 Å². The van der Waals surface area contributed by atoms with Gasteiger partial charge in [0.15, 0.2) is 0 Å². The highest BCUT2D eigenvalue weighted by Gasteiger charge is 2.62. The van der Waals surface area contributed by atoms with Gasteiger partial charge in [-0.15, -0.1) is 12.6 Å². The standard InChI is InChI=1S/C21H36O3S/c1-12-6-7-17(22)20(4)9-8-16-19(2,3)14(10-13(12)20)15-11-21(16,5)24-18(25)23-15/h12-18,22,25H,6-11H2,1-5H3/t12-,13-,14-,15?,16+,17?,18?,20+,21-/m1/s1. The summed E-state index contributed by atoms with van der Waals surface area (Å²) in [6.45, 7) is 11.9. The predicted molar refractivity (Wildman–Crippen MR) is 102 cm³/mol. The van der Waals surface area contributed by atoms with E-state index in [4.69, 9.17) is 9.47 Å². The quantitative estimate of drug-likeness (QED) is 0.612. The molecule has 9 atom stereocenters. The minimum Gasteiger partial charge on any atom is -0.393 e. The average Bonchev–Trinajstić information content (AvgIpc) is 2.48. The summed E-state index contributed by atoms with van der Waals surface area (Å²) in [5.74, 6) is 2.26. The molecule has 144 valence electrons. The summed E-state index contributed by atoms with van der Waals surface area (Å²) in [5, 5.41) is 10.9. The van der Waals surface area contributed by atoms with E-state index in [9.17, 15) is 5.11 Å². The SMILES string of the molecule is C[C@@H]1CCC(O)[C@@]2(C)CC[C@H]3C(C)(C)[C@H](C[C@H]12)C1C[C@@]3(C)OC(S)O1. The Kier molecular flexibility index (Phi) is 4.36. The summed E-state index contributed by atoms with van der Waals surface area (Å²) in [5.41, 5.74) is -0.337. The molecule has 3 unspecified atom stereocenters. The molecule has 3 aliphatic carbocycles. The van der Waals surface area contributed by atoms with Crippen molar-refractivity contribution in [1.29, 1.82) is 0 Å². The van der Waals surface area contributed by atoms with Gasteiger partial charge in [0.05, 0.1) is 17.8 Å². The van der Waals surface area contributed by atoms with Gasteiger partial charge in [0.25, 0.3) is 0 Å². The van der Waals surface area contributed by atoms with E-state index in [0.717, 1.165) is 32.1 Å². The van der Waals surface area contributed by atoms with Crippen LogP contribution in [0.2, 0.25) is 0 Å². The van der Waals surface area contributed by atoms with E-state index in [0.29, 0.717) is 23.7 Å². The lowest BCUT2D eigenvalue weighted by atomic mass is 9.46. The first-order valence-electron chi connectivity index (χ1n) is 10.3. The van der Waals surface area contributed by atoms with Crippen LogP contribution in [-0.4, -0.2) is 28.5 Å². The fourth-order valence-electron chi connectivity index (χ4n) is 7.45. The van der Waals surface area contributed by atoms with Gasteiger partial charge < -0.3 is 14.6 Å². The lowest BCUT2D eigenvalue weighted by molar-refractivity contribution is -0.320. The molecular formula is C21H36O3S. The van der Waals surface area contributed by atoms with Gasteiger partial charge in [0, 0.05) is 6.42 Å². The first kappa shape index (κ1) is 18.6. The summed E-state index contributed by atoms with van der Waals surface area (Å²) < 4.78 is 12.5. The zero-order valence-corrected chi connectivity index (χ0v) is 17.4. The smallest absolute Gasteiger partial charge is 0.204 e. The predicted octanol–water partition coefficient (Wildman–Crippen LogP) is 4.63. The van der Waals surface area contributed by atoms with Gasteiger partial charge in [-0.25, -0.2) is 0 Å². The highest BCUT2D eigenvalue weighted by molar-refractivity contribution is 7.80. The Morgan fingerprint density at radius 2 is 1.76 bits per heavy atom. The van der Waals surface area contributed by atoms with Crippen LogP contribution in [0.4, 0.5) is 0 Å². The molecule has 0 aromatic carbocycles. The molecule has 3 nitrogen and oxygen atoms in total. The maximum atomic E-state index is 10.9. The monoisotopic (exact) mass is 368 g/mol. The zero-order valence-electron chi connectivity index (χ0n) is 16.5. The Bertz CT molecular complexity index is 537. The summed E-state index contributed by atoms with van der Waals surface area (Å²) in [4.78, 5) is 0. The molecule has 0 aromatic heterocycles. The maximum Gasteiger partial charge on any atom is 0.204 e. The van der Waals surface area contributed by atoms with Crippen molar-refractivity contribution < 1.29 is 14.6 Å². The van der Waals surface area contributed by atoms with Crippen molar-refractivity contribution in [3.8, 4) is 0 Å². The third-order valence-electron chi connectivity index (χ3n) is 8.98. The number of aliphatic hydroxyl groups is 1. The Morgan fingerprint density at radius 1 is 1.04 bits per heavy atom. The Balaban J connectivity index is 1.76. The number of rotatable bonds is 0. The fraction of sp³-hybridized carbons (Fsp3) is 1.00. The van der Waals surface area contributed by atoms with E-state index in [1.54, 1.807) is 0 Å². The summed E-state index contributed by atoms with van der Waals surface area (Å²) in [6, 6.07) is 0. The van der Waals surface area contributed by atoms with Crippen molar-refractivity contribution in [2.75, 3.05) is 0 Å². The summed E-state index contributed by atoms with van der Waals surface area (Å²) >= 11 is 4.54. The normalized spacial score (nSPS) is 58.0. The molecule has 1 N–H and O–H groups in total. The molecule has 4 fully saturated rings. The van der Waals surface area contributed by atoms with Gasteiger partial charge in [-0.05, 0) is 73.5 Å². The summed E-state index contributed by atoms with van der Waals surface area (Å²) in [7, 11) is 0. The van der Waals surface area contributed by atoms with Gasteiger partial charge in [-0.3, -0.25) is 0 Å². The molecule has 0 radical (unpaired) electrons. The van der Waals surface area contributed by atoms with Crippen LogP contribution in [0.15, 0.2) is 0 Å². The largest absolute Gasteiger partial charge is 0.393 e. The highest BCUT2D eigenvalue weighted by Crippen LogP contribution is 2.63. The van der Waals surface area contributed by atoms with E-state index in [2.05, 4.69) is 47.2 Å². The molecule has 4 heteroatoms. The van der Waals surface area contributed by atoms with E-state index in [-0.39, 0.29) is 28.6 Å². The molecule has 4 rings (SSSR count). The van der Waals surface area contributed by atoms with Crippen LogP contribution in [0.1, 0.15) is 73.1 Å². The Morgan fingerprint density at radius 3 is 2.48 bits per heavy atom. The van der Waals surface area contributed by atoms with Crippen LogP contribution < -0.4 is 0 Å². The van der Waals surface area contributed by atoms with Crippen molar-refractivity contribution in [3.05, 3.63) is 0 Å². The van der Waals surface area contributed by atoms with Crippen LogP contribution in [0, 0.1) is 34.5 Å². The first-order valence-corrected chi connectivity index (χ1v) is 10.8. The second-order valence-electron chi connectivity index (χ2n) is 10.6. The first-order chi connectivity index (χ1) is 11.6. The number of fused-ring (bicyclic) bond motifs is 7. The Labute approximate surface area is 158 Å². The van der Waals surface area contributed by atoms with Crippen molar-refractivity contribution in [3.63, 3.8) is 0 Å². The summed E-state index contributed by atoms with van der Waals surface area (Å²) in [6.07, 6.45) is 6.56. The molecular weight excluding hydrogens is 332 g/mol. The van der Waals surface area contributed by atoms with Gasteiger partial charge in [0.1, 0.15) is 0 Å². The van der Waals surface area contributed by atoms with Crippen LogP contribution in [0.5, 0.6) is 0 Å². The van der Waals surface area contributed by atoms with E-state index >= 15 is 0 Å². The second kappa shape index (κ2) is 5.86. The van der Waals surface area contributed by atoms with Gasteiger partial charge in [0.2, 0.25) is 5.62 Å².